The number of hydrogen-bond donors (Lipinski definition) is 2. The molecule has 3 N–H and O–H groups in total. The van der Waals surface area contributed by atoms with Gasteiger partial charge in [0.2, 0.25) is 5.91 Å². The molecule has 0 fully saturated rings. The lowest BCUT2D eigenvalue weighted by atomic mass is 10.1. The number of hydrogen-bond acceptors (Lipinski definition) is 6. The van der Waals surface area contributed by atoms with Gasteiger partial charge in [0, 0.05) is 34.7 Å². The number of rotatable bonds is 6. The summed E-state index contributed by atoms with van der Waals surface area (Å²) in [5.74, 6) is -0.633. The maximum Gasteiger partial charge on any atom is 0.250 e. The lowest BCUT2D eigenvalue weighted by molar-refractivity contribution is -0.117. The minimum atomic E-state index is -1.13. The third-order valence-electron chi connectivity index (χ3n) is 4.42. The Kier molecular flexibility index (Phi) is 6.74. The van der Waals surface area contributed by atoms with Crippen LogP contribution in [0.15, 0.2) is 35.6 Å². The van der Waals surface area contributed by atoms with Crippen LogP contribution in [0.2, 0.25) is 10.0 Å². The molecule has 0 saturated heterocycles. The van der Waals surface area contributed by atoms with Crippen LogP contribution in [0, 0.1) is 6.92 Å². The van der Waals surface area contributed by atoms with Crippen LogP contribution in [0.1, 0.15) is 22.3 Å². The van der Waals surface area contributed by atoms with Gasteiger partial charge in [-0.15, -0.1) is 0 Å². The highest BCUT2D eigenvalue weighted by Crippen LogP contribution is 2.31. The lowest BCUT2D eigenvalue weighted by Crippen LogP contribution is -2.39. The first-order chi connectivity index (χ1) is 14.2. The number of amides is 2. The van der Waals surface area contributed by atoms with Crippen LogP contribution < -0.4 is 16.1 Å². The molecule has 0 saturated carbocycles. The van der Waals surface area contributed by atoms with Gasteiger partial charge in [-0.2, -0.15) is 5.10 Å². The van der Waals surface area contributed by atoms with Gasteiger partial charge in [-0.1, -0.05) is 23.2 Å². The molecule has 2 atom stereocenters. The van der Waals surface area contributed by atoms with Crippen LogP contribution in [0.25, 0.3) is 0 Å². The Morgan fingerprint density at radius 3 is 2.73 bits per heavy atom. The van der Waals surface area contributed by atoms with Crippen LogP contribution in [-0.4, -0.2) is 44.8 Å². The molecule has 1 aromatic carbocycles. The van der Waals surface area contributed by atoms with E-state index in [1.54, 1.807) is 31.4 Å². The zero-order valence-corrected chi connectivity index (χ0v) is 18.5. The Hall–Kier alpha value is -2.49. The van der Waals surface area contributed by atoms with E-state index < -0.39 is 28.7 Å². The van der Waals surface area contributed by atoms with E-state index in [2.05, 4.69) is 15.4 Å². The maximum absolute atomic E-state index is 13.2. The normalized spacial score (nSPS) is 16.9. The number of nitrogens with two attached hydrogens (primary N) is 1. The Labute approximate surface area is 185 Å². The van der Waals surface area contributed by atoms with E-state index in [1.165, 1.54) is 17.3 Å². The van der Waals surface area contributed by atoms with E-state index >= 15 is 0 Å². The molecular weight excluding hydrogens is 449 g/mol. The fraction of sp³-hybridized carbons (Fsp3) is 0.263. The third-order valence-corrected chi connectivity index (χ3v) is 5.67. The monoisotopic (exact) mass is 467 g/mol. The number of halogens is 2. The van der Waals surface area contributed by atoms with E-state index in [-0.39, 0.29) is 23.4 Å². The predicted molar refractivity (Wildman–Crippen MR) is 120 cm³/mol. The molecule has 3 rings (SSSR count). The van der Waals surface area contributed by atoms with Crippen molar-refractivity contribution in [2.24, 2.45) is 10.8 Å². The molecular formula is C19H19Cl2N5O3S. The highest BCUT2D eigenvalue weighted by Gasteiger charge is 2.36. The Morgan fingerprint density at radius 2 is 2.10 bits per heavy atom. The average molecular weight is 468 g/mol. The largest absolute Gasteiger partial charge is 0.366 e. The smallest absolute Gasteiger partial charge is 0.250 e. The van der Waals surface area contributed by atoms with E-state index in [4.69, 9.17) is 28.9 Å². The number of nitrogens with zero attached hydrogens (tertiary/aromatic N) is 3. The van der Waals surface area contributed by atoms with E-state index in [1.807, 2.05) is 0 Å². The first kappa shape index (κ1) is 22.2. The summed E-state index contributed by atoms with van der Waals surface area (Å²) < 4.78 is 11.7. The average Bonchev–Trinajstić information content (AvgIpc) is 3.06. The highest BCUT2D eigenvalue weighted by atomic mass is 35.5. The standard InChI is InChI=1S/C19H19Cl2N5O3S/c1-10-6-11(20)7-13(17(22)27)16(10)24-19(28)15-8-12(9-30(2)29)25-26(15)18-14(21)4-3-5-23-18/h3-7,15H,8-9H2,1-2H3,(H2,22,27)(H,24,28). The number of anilines is 2. The first-order valence-corrected chi connectivity index (χ1v) is 11.3. The number of benzene rings is 1. The summed E-state index contributed by atoms with van der Waals surface area (Å²) in [6, 6.07) is 5.52. The number of aryl methyl sites for hydroxylation is 1. The number of aromatic nitrogens is 1. The molecule has 0 radical (unpaired) electrons. The molecule has 8 nitrogen and oxygen atoms in total. The second-order valence-corrected chi connectivity index (χ2v) is 9.03. The number of nitrogens with one attached hydrogen (secondary N) is 1. The van der Waals surface area contributed by atoms with Gasteiger partial charge in [0.1, 0.15) is 6.04 Å². The predicted octanol–water partition coefficient (Wildman–Crippen LogP) is 2.75. The fourth-order valence-corrected chi connectivity index (χ4v) is 4.28. The van der Waals surface area contributed by atoms with Gasteiger partial charge in [-0.25, -0.2) is 9.99 Å². The first-order valence-electron chi connectivity index (χ1n) is 8.84. The van der Waals surface area contributed by atoms with Crippen LogP contribution in [-0.2, 0) is 15.6 Å². The molecule has 2 aromatic rings. The van der Waals surface area contributed by atoms with E-state index in [0.29, 0.717) is 27.1 Å². The van der Waals surface area contributed by atoms with Crippen molar-refractivity contribution in [3.8, 4) is 0 Å². The zero-order valence-electron chi connectivity index (χ0n) is 16.2. The third kappa shape index (κ3) is 4.80. The second-order valence-electron chi connectivity index (χ2n) is 6.76. The molecule has 11 heteroatoms. The van der Waals surface area contributed by atoms with Crippen LogP contribution >= 0.6 is 23.2 Å². The van der Waals surface area contributed by atoms with Crippen molar-refractivity contribution < 1.29 is 13.8 Å². The van der Waals surface area contributed by atoms with Gasteiger partial charge >= 0.3 is 0 Å². The van der Waals surface area contributed by atoms with Gasteiger partial charge in [-0.05, 0) is 36.8 Å². The summed E-state index contributed by atoms with van der Waals surface area (Å²) in [6.45, 7) is 1.71. The number of carbonyl (C=O) groups excluding carboxylic acids is 2. The SMILES string of the molecule is Cc1cc(Cl)cc(C(N)=O)c1NC(=O)C1CC(CS(C)=O)=NN1c1ncccc1Cl. The molecule has 1 aliphatic rings. The molecule has 1 aromatic heterocycles. The molecule has 1 aliphatic heterocycles. The molecule has 2 heterocycles. The summed E-state index contributed by atoms with van der Waals surface area (Å²) in [7, 11) is -1.13. The topological polar surface area (TPSA) is 118 Å². The molecule has 0 aliphatic carbocycles. The number of pyridine rings is 1. The molecule has 2 amide bonds. The van der Waals surface area contributed by atoms with Crippen molar-refractivity contribution in [1.82, 2.24) is 4.98 Å². The maximum atomic E-state index is 13.2. The van der Waals surface area contributed by atoms with Gasteiger partial charge in [0.15, 0.2) is 5.82 Å². The van der Waals surface area contributed by atoms with Crippen LogP contribution in [0.3, 0.4) is 0 Å². The molecule has 0 bridgehead atoms. The molecule has 158 valence electrons. The highest BCUT2D eigenvalue weighted by molar-refractivity contribution is 7.85. The summed E-state index contributed by atoms with van der Waals surface area (Å²) >= 11 is 12.3. The van der Waals surface area contributed by atoms with Crippen molar-refractivity contribution in [3.05, 3.63) is 51.6 Å². The van der Waals surface area contributed by atoms with Gasteiger partial charge in [-0.3, -0.25) is 13.8 Å². The van der Waals surface area contributed by atoms with Crippen molar-refractivity contribution in [2.75, 3.05) is 22.3 Å². The summed E-state index contributed by atoms with van der Waals surface area (Å²) in [5.41, 5.74) is 7.00. The van der Waals surface area contributed by atoms with E-state index in [0.717, 1.165) is 0 Å². The molecule has 0 spiro atoms. The minimum Gasteiger partial charge on any atom is -0.366 e. The number of carbonyl (C=O) groups is 2. The number of primary amides is 1. The molecule has 30 heavy (non-hydrogen) atoms. The summed E-state index contributed by atoms with van der Waals surface area (Å²) in [5, 5.41) is 9.26. The van der Waals surface area contributed by atoms with Crippen LogP contribution in [0.4, 0.5) is 11.5 Å². The summed E-state index contributed by atoms with van der Waals surface area (Å²) in [6.07, 6.45) is 3.33. The van der Waals surface area contributed by atoms with E-state index in [9.17, 15) is 13.8 Å². The molecule has 2 unspecified atom stereocenters. The Balaban J connectivity index is 1.96. The fourth-order valence-electron chi connectivity index (χ4n) is 3.15. The Bertz CT molecular complexity index is 1080. The van der Waals surface area contributed by atoms with Gasteiger partial charge in [0.25, 0.3) is 5.91 Å². The van der Waals surface area contributed by atoms with Crippen molar-refractivity contribution in [1.29, 1.82) is 0 Å². The van der Waals surface area contributed by atoms with Gasteiger partial charge < -0.3 is 11.1 Å². The van der Waals surface area contributed by atoms with Crippen LogP contribution in [0.5, 0.6) is 0 Å². The Morgan fingerprint density at radius 1 is 1.37 bits per heavy atom. The van der Waals surface area contributed by atoms with Crippen molar-refractivity contribution in [3.63, 3.8) is 0 Å². The quantitative estimate of drug-likeness (QED) is 0.676. The van der Waals surface area contributed by atoms with Crippen molar-refractivity contribution >= 4 is 63.0 Å². The second kappa shape index (κ2) is 9.11. The zero-order chi connectivity index (χ0) is 22.0. The van der Waals surface area contributed by atoms with Gasteiger partial charge in [0.05, 0.1) is 27.7 Å². The summed E-state index contributed by atoms with van der Waals surface area (Å²) in [4.78, 5) is 29.3. The minimum absolute atomic E-state index is 0.101. The van der Waals surface area contributed by atoms with Crippen molar-refractivity contribution in [2.45, 2.75) is 19.4 Å². The number of hydrazone groups is 1. The lowest BCUT2D eigenvalue weighted by Gasteiger charge is -2.23.